The predicted molar refractivity (Wildman–Crippen MR) is 74.2 cm³/mol. The minimum atomic E-state index is 0.170. The summed E-state index contributed by atoms with van der Waals surface area (Å²) in [6.45, 7) is 0. The van der Waals surface area contributed by atoms with Gasteiger partial charge in [0.2, 0.25) is 0 Å². The normalized spacial score (nSPS) is 49.7. The van der Waals surface area contributed by atoms with Gasteiger partial charge in [-0.05, 0) is 88.6 Å². The quantitative estimate of drug-likeness (QED) is 0.831. The minimum Gasteiger partial charge on any atom is -0.324 e. The number of rotatable bonds is 3. The van der Waals surface area contributed by atoms with Gasteiger partial charge in [-0.2, -0.15) is 0 Å². The molecule has 0 heterocycles. The van der Waals surface area contributed by atoms with E-state index >= 15 is 0 Å². The lowest BCUT2D eigenvalue weighted by Gasteiger charge is -2.58. The van der Waals surface area contributed by atoms with Crippen molar-refractivity contribution in [2.45, 2.75) is 56.5 Å². The van der Waals surface area contributed by atoms with Crippen molar-refractivity contribution < 1.29 is 0 Å². The fourth-order valence-electron chi connectivity index (χ4n) is 6.16. The molecule has 5 rings (SSSR count). The standard InChI is InChI=1S/C16H28N2/c1-18(2)15(16(17)3-4-16)14-12-6-10-5-11(8-12)9-13(14)7-10/h10-15H,3-9,17H2,1-2H3. The zero-order valence-corrected chi connectivity index (χ0v) is 11.9. The molecule has 2 nitrogen and oxygen atoms in total. The highest BCUT2D eigenvalue weighted by Gasteiger charge is 2.57. The topological polar surface area (TPSA) is 29.3 Å². The van der Waals surface area contributed by atoms with Crippen LogP contribution in [0.2, 0.25) is 0 Å². The van der Waals surface area contributed by atoms with Gasteiger partial charge in [0.1, 0.15) is 0 Å². The van der Waals surface area contributed by atoms with E-state index in [1.54, 1.807) is 6.42 Å². The number of likely N-dealkylation sites (N-methyl/N-ethyl adjacent to an activating group) is 1. The number of hydrogen-bond donors (Lipinski definition) is 1. The van der Waals surface area contributed by atoms with Gasteiger partial charge in [-0.1, -0.05) is 0 Å². The van der Waals surface area contributed by atoms with Gasteiger partial charge in [0, 0.05) is 11.6 Å². The zero-order valence-electron chi connectivity index (χ0n) is 11.9. The minimum absolute atomic E-state index is 0.170. The van der Waals surface area contributed by atoms with Crippen LogP contribution in [0.15, 0.2) is 0 Å². The van der Waals surface area contributed by atoms with Crippen molar-refractivity contribution in [2.24, 2.45) is 35.3 Å². The fraction of sp³-hybridized carbons (Fsp3) is 1.00. The monoisotopic (exact) mass is 248 g/mol. The maximum atomic E-state index is 6.63. The molecule has 0 spiro atoms. The largest absolute Gasteiger partial charge is 0.324 e. The average molecular weight is 248 g/mol. The second-order valence-electron chi connectivity index (χ2n) is 8.15. The van der Waals surface area contributed by atoms with E-state index in [-0.39, 0.29) is 5.54 Å². The molecule has 5 fully saturated rings. The Morgan fingerprint density at radius 2 is 1.44 bits per heavy atom. The van der Waals surface area contributed by atoms with Crippen LogP contribution in [0.5, 0.6) is 0 Å². The summed E-state index contributed by atoms with van der Waals surface area (Å²) in [7, 11) is 4.53. The van der Waals surface area contributed by atoms with Crippen molar-refractivity contribution >= 4 is 0 Å². The van der Waals surface area contributed by atoms with Crippen molar-refractivity contribution in [2.75, 3.05) is 14.1 Å². The van der Waals surface area contributed by atoms with Crippen molar-refractivity contribution in [1.82, 2.24) is 4.90 Å². The Morgan fingerprint density at radius 1 is 0.944 bits per heavy atom. The number of hydrogen-bond acceptors (Lipinski definition) is 2. The highest BCUT2D eigenvalue weighted by atomic mass is 15.2. The first-order chi connectivity index (χ1) is 8.57. The third-order valence-corrected chi connectivity index (χ3v) is 6.64. The molecule has 102 valence electrons. The molecule has 0 aromatic carbocycles. The lowest BCUT2D eigenvalue weighted by molar-refractivity contribution is -0.0743. The van der Waals surface area contributed by atoms with Crippen molar-refractivity contribution in [3.8, 4) is 0 Å². The lowest BCUT2D eigenvalue weighted by atomic mass is 9.50. The van der Waals surface area contributed by atoms with Gasteiger partial charge in [-0.15, -0.1) is 0 Å². The summed E-state index contributed by atoms with van der Waals surface area (Å²) in [5.74, 6) is 5.10. The van der Waals surface area contributed by atoms with Crippen molar-refractivity contribution in [3.05, 3.63) is 0 Å². The van der Waals surface area contributed by atoms with E-state index in [4.69, 9.17) is 5.73 Å². The van der Waals surface area contributed by atoms with Gasteiger partial charge in [0.25, 0.3) is 0 Å². The maximum Gasteiger partial charge on any atom is 0.0316 e. The van der Waals surface area contributed by atoms with Crippen LogP contribution in [-0.2, 0) is 0 Å². The van der Waals surface area contributed by atoms with Gasteiger partial charge < -0.3 is 10.6 Å². The molecule has 1 unspecified atom stereocenters. The van der Waals surface area contributed by atoms with Gasteiger partial charge in [0.05, 0.1) is 0 Å². The first-order valence-electron chi connectivity index (χ1n) is 8.02. The van der Waals surface area contributed by atoms with Crippen LogP contribution in [0.1, 0.15) is 44.9 Å². The van der Waals surface area contributed by atoms with Crippen LogP contribution in [0.25, 0.3) is 0 Å². The third kappa shape index (κ3) is 1.61. The molecule has 18 heavy (non-hydrogen) atoms. The summed E-state index contributed by atoms with van der Waals surface area (Å²) >= 11 is 0. The van der Waals surface area contributed by atoms with Gasteiger partial charge in [-0.3, -0.25) is 0 Å². The fourth-order valence-corrected chi connectivity index (χ4v) is 6.16. The summed E-state index contributed by atoms with van der Waals surface area (Å²) in [5, 5.41) is 0. The molecule has 0 radical (unpaired) electrons. The van der Waals surface area contributed by atoms with Crippen LogP contribution in [0.4, 0.5) is 0 Å². The van der Waals surface area contributed by atoms with Crippen LogP contribution >= 0.6 is 0 Å². The van der Waals surface area contributed by atoms with Gasteiger partial charge in [0.15, 0.2) is 0 Å². The first-order valence-corrected chi connectivity index (χ1v) is 8.02. The summed E-state index contributed by atoms with van der Waals surface area (Å²) in [5.41, 5.74) is 6.80. The maximum absolute atomic E-state index is 6.63. The SMILES string of the molecule is CN(C)C(C1C2CC3CC(C2)CC1C3)C1(N)CC1. The molecule has 0 amide bonds. The molecule has 5 aliphatic carbocycles. The molecule has 5 saturated carbocycles. The summed E-state index contributed by atoms with van der Waals surface area (Å²) in [6.07, 6.45) is 10.2. The van der Waals surface area contributed by atoms with Crippen LogP contribution in [-0.4, -0.2) is 30.6 Å². The Kier molecular flexibility index (Phi) is 2.43. The molecule has 4 bridgehead atoms. The second kappa shape index (κ2) is 3.73. The predicted octanol–water partition coefficient (Wildman–Crippen LogP) is 2.48. The number of nitrogens with two attached hydrogens (primary N) is 1. The molecule has 2 heteroatoms. The van der Waals surface area contributed by atoms with Gasteiger partial charge in [-0.25, -0.2) is 0 Å². The third-order valence-electron chi connectivity index (χ3n) is 6.64. The smallest absolute Gasteiger partial charge is 0.0316 e. The van der Waals surface area contributed by atoms with Gasteiger partial charge >= 0.3 is 0 Å². The Hall–Kier alpha value is -0.0800. The second-order valence-corrected chi connectivity index (χ2v) is 8.15. The summed E-state index contributed by atoms with van der Waals surface area (Å²) in [6, 6.07) is 0.660. The molecule has 2 N–H and O–H groups in total. The van der Waals surface area contributed by atoms with E-state index in [9.17, 15) is 0 Å². The van der Waals surface area contributed by atoms with E-state index in [1.165, 1.54) is 38.5 Å². The summed E-state index contributed by atoms with van der Waals surface area (Å²) < 4.78 is 0. The van der Waals surface area contributed by atoms with Crippen molar-refractivity contribution in [3.63, 3.8) is 0 Å². The molecule has 1 atom stereocenters. The Bertz CT molecular complexity index is 317. The molecule has 0 aliphatic heterocycles. The van der Waals surface area contributed by atoms with E-state index < -0.39 is 0 Å². The molecular weight excluding hydrogens is 220 g/mol. The Morgan fingerprint density at radius 3 is 1.83 bits per heavy atom. The van der Waals surface area contributed by atoms with Crippen LogP contribution in [0, 0.1) is 29.6 Å². The first kappa shape index (κ1) is 11.7. The Labute approximate surface area is 111 Å². The highest BCUT2D eigenvalue weighted by molar-refractivity contribution is 5.14. The Balaban J connectivity index is 1.63. The molecule has 0 aromatic rings. The molecule has 5 aliphatic rings. The molecular formula is C16H28N2. The van der Waals surface area contributed by atoms with Crippen molar-refractivity contribution in [1.29, 1.82) is 0 Å². The van der Waals surface area contributed by atoms with E-state index in [1.807, 2.05) is 0 Å². The lowest BCUT2D eigenvalue weighted by Crippen LogP contribution is -2.59. The molecule has 0 aromatic heterocycles. The highest BCUT2D eigenvalue weighted by Crippen LogP contribution is 2.60. The van der Waals surface area contributed by atoms with Crippen LogP contribution in [0.3, 0.4) is 0 Å². The average Bonchev–Trinajstić information content (AvgIpc) is 3.00. The van der Waals surface area contributed by atoms with E-state index in [2.05, 4.69) is 19.0 Å². The van der Waals surface area contributed by atoms with Crippen LogP contribution < -0.4 is 5.73 Å². The molecule has 0 saturated heterocycles. The summed E-state index contributed by atoms with van der Waals surface area (Å²) in [4.78, 5) is 2.47. The van der Waals surface area contributed by atoms with E-state index in [0.29, 0.717) is 6.04 Å². The zero-order chi connectivity index (χ0) is 12.5. The number of nitrogens with zero attached hydrogens (tertiary/aromatic N) is 1. The van der Waals surface area contributed by atoms with E-state index in [0.717, 1.165) is 29.6 Å².